The zero-order valence-electron chi connectivity index (χ0n) is 19.3. The number of amides is 2. The number of rotatable bonds is 10. The molecule has 34 heavy (non-hydrogen) atoms. The van der Waals surface area contributed by atoms with Crippen molar-refractivity contribution in [3.8, 4) is 12.3 Å². The van der Waals surface area contributed by atoms with Crippen LogP contribution in [0.5, 0.6) is 0 Å². The normalized spacial score (nSPS) is 15.8. The van der Waals surface area contributed by atoms with E-state index in [4.69, 9.17) is 6.42 Å². The number of nitrogens with zero attached hydrogens (tertiary/aromatic N) is 3. The van der Waals surface area contributed by atoms with Crippen LogP contribution in [0.2, 0.25) is 0 Å². The van der Waals surface area contributed by atoms with Crippen LogP contribution >= 0.6 is 0 Å². The molecule has 0 bridgehead atoms. The third-order valence-electron chi connectivity index (χ3n) is 6.19. The van der Waals surface area contributed by atoms with Gasteiger partial charge in [0.25, 0.3) is 0 Å². The molecule has 0 aliphatic carbocycles. The van der Waals surface area contributed by atoms with Gasteiger partial charge in [-0.05, 0) is 56.5 Å². The highest BCUT2D eigenvalue weighted by atomic mass is 32.2. The Balaban J connectivity index is 1.51. The maximum absolute atomic E-state index is 12.1. The van der Waals surface area contributed by atoms with Crippen molar-refractivity contribution in [2.75, 3.05) is 39.3 Å². The number of terminal acetylenes is 1. The van der Waals surface area contributed by atoms with Gasteiger partial charge in [0, 0.05) is 24.2 Å². The second-order valence-corrected chi connectivity index (χ2v) is 9.46. The minimum absolute atomic E-state index is 0.0714. The first-order valence-corrected chi connectivity index (χ1v) is 12.5. The maximum Gasteiger partial charge on any atom is 0.240 e. The molecule has 1 aromatic carbocycles. The van der Waals surface area contributed by atoms with E-state index >= 15 is 0 Å². The summed E-state index contributed by atoms with van der Waals surface area (Å²) in [5.74, 6) is 1.48. The predicted molar refractivity (Wildman–Crippen MR) is 131 cm³/mol. The van der Waals surface area contributed by atoms with Gasteiger partial charge in [0.05, 0.1) is 25.2 Å². The first kappa shape index (κ1) is 25.6. The number of aromatic nitrogens is 1. The van der Waals surface area contributed by atoms with Crippen LogP contribution in [0.15, 0.2) is 36.5 Å². The molecular weight excluding hydrogens is 454 g/mol. The number of fused-ring (bicyclic) bond motifs is 1. The van der Waals surface area contributed by atoms with Crippen LogP contribution in [-0.4, -0.2) is 73.7 Å². The second-order valence-electron chi connectivity index (χ2n) is 8.42. The summed E-state index contributed by atoms with van der Waals surface area (Å²) in [6.07, 6.45) is 8.58. The van der Waals surface area contributed by atoms with E-state index in [1.165, 1.54) is 5.56 Å². The van der Waals surface area contributed by atoms with Crippen molar-refractivity contribution in [3.05, 3.63) is 42.1 Å². The largest absolute Gasteiger partial charge is 0.346 e. The zero-order valence-corrected chi connectivity index (χ0v) is 20.2. The van der Waals surface area contributed by atoms with Crippen molar-refractivity contribution in [1.29, 1.82) is 0 Å². The Hall–Kier alpha value is -3.00. The van der Waals surface area contributed by atoms with E-state index in [1.54, 1.807) is 0 Å². The average molecular weight is 486 g/mol. The predicted octanol–water partition coefficient (Wildman–Crippen LogP) is 0.702. The van der Waals surface area contributed by atoms with Crippen molar-refractivity contribution in [1.82, 2.24) is 24.8 Å². The number of hydrogen-bond acceptors (Lipinski definition) is 6. The van der Waals surface area contributed by atoms with Gasteiger partial charge in [-0.25, -0.2) is 8.42 Å². The molecule has 2 amide bonds. The fraction of sp³-hybridized carbons (Fsp3) is 0.458. The van der Waals surface area contributed by atoms with E-state index in [9.17, 15) is 18.0 Å². The van der Waals surface area contributed by atoms with Crippen LogP contribution in [-0.2, 0) is 20.5 Å². The van der Waals surface area contributed by atoms with Crippen molar-refractivity contribution in [3.63, 3.8) is 0 Å². The van der Waals surface area contributed by atoms with Gasteiger partial charge in [-0.3, -0.25) is 19.5 Å². The van der Waals surface area contributed by atoms with E-state index in [0.29, 0.717) is 0 Å². The molecule has 10 heteroatoms. The van der Waals surface area contributed by atoms with Crippen LogP contribution in [0.1, 0.15) is 31.4 Å². The number of carbonyl (C=O) groups excluding carboxylic acids is 2. The molecule has 0 radical (unpaired) electrons. The summed E-state index contributed by atoms with van der Waals surface area (Å²) in [7, 11) is -2.91. The van der Waals surface area contributed by atoms with Crippen LogP contribution in [0, 0.1) is 18.3 Å². The lowest BCUT2D eigenvalue weighted by Gasteiger charge is -2.37. The smallest absolute Gasteiger partial charge is 0.240 e. The van der Waals surface area contributed by atoms with E-state index in [1.807, 2.05) is 24.4 Å². The van der Waals surface area contributed by atoms with Crippen LogP contribution in [0.25, 0.3) is 10.9 Å². The topological polar surface area (TPSA) is 112 Å². The molecule has 1 aliphatic rings. The number of piperidine rings is 1. The molecular formula is C24H31N5O4S. The molecule has 0 spiro atoms. The molecule has 182 valence electrons. The Bertz CT molecular complexity index is 1110. The van der Waals surface area contributed by atoms with E-state index in [0.717, 1.165) is 41.1 Å². The number of thiol groups is 1. The molecule has 1 fully saturated rings. The highest BCUT2D eigenvalue weighted by Crippen LogP contribution is 2.30. The SMILES string of the molecule is C#CCNC(=O)CNC(=O)CN(CC1CCN(C(C)c2ccnc3ccccc23)CC1)[SH](=O)=O. The quantitative estimate of drug-likeness (QED) is 0.338. The summed E-state index contributed by atoms with van der Waals surface area (Å²) >= 11 is 0. The second kappa shape index (κ2) is 12.5. The van der Waals surface area contributed by atoms with Crippen molar-refractivity contribution in [2.45, 2.75) is 25.8 Å². The van der Waals surface area contributed by atoms with Gasteiger partial charge in [-0.15, -0.1) is 6.42 Å². The molecule has 0 saturated carbocycles. The number of nitrogens with one attached hydrogen (secondary N) is 2. The fourth-order valence-electron chi connectivity index (χ4n) is 4.30. The summed E-state index contributed by atoms with van der Waals surface area (Å²) < 4.78 is 24.6. The first-order chi connectivity index (χ1) is 16.4. The van der Waals surface area contributed by atoms with Gasteiger partial charge in [-0.1, -0.05) is 24.1 Å². The highest BCUT2D eigenvalue weighted by Gasteiger charge is 2.27. The number of para-hydroxylation sites is 1. The highest BCUT2D eigenvalue weighted by molar-refractivity contribution is 7.69. The molecule has 1 aliphatic heterocycles. The van der Waals surface area contributed by atoms with Crippen molar-refractivity contribution in [2.24, 2.45) is 5.92 Å². The molecule has 2 N–H and O–H groups in total. The number of benzene rings is 1. The summed E-state index contributed by atoms with van der Waals surface area (Å²) in [6, 6.07) is 10.4. The summed E-state index contributed by atoms with van der Waals surface area (Å²) in [5, 5.41) is 6.01. The summed E-state index contributed by atoms with van der Waals surface area (Å²) in [4.78, 5) is 30.5. The minimum atomic E-state index is -2.91. The third-order valence-corrected chi connectivity index (χ3v) is 6.96. The number of carbonyl (C=O) groups is 2. The molecule has 9 nitrogen and oxygen atoms in total. The lowest BCUT2D eigenvalue weighted by Crippen LogP contribution is -2.44. The van der Waals surface area contributed by atoms with Gasteiger partial charge in [0.15, 0.2) is 0 Å². The van der Waals surface area contributed by atoms with E-state index in [2.05, 4.69) is 45.5 Å². The molecule has 2 aromatic rings. The fourth-order valence-corrected chi connectivity index (χ4v) is 4.91. The number of likely N-dealkylation sites (tertiary alicyclic amines) is 1. The van der Waals surface area contributed by atoms with Gasteiger partial charge in [-0.2, -0.15) is 4.31 Å². The minimum Gasteiger partial charge on any atom is -0.346 e. The van der Waals surface area contributed by atoms with Crippen molar-refractivity contribution >= 4 is 33.6 Å². The molecule has 1 aromatic heterocycles. The maximum atomic E-state index is 12.1. The Labute approximate surface area is 202 Å². The van der Waals surface area contributed by atoms with Gasteiger partial charge in [0.1, 0.15) is 0 Å². The average Bonchev–Trinajstić information content (AvgIpc) is 2.85. The summed E-state index contributed by atoms with van der Waals surface area (Å²) in [6.45, 7) is 3.68. The van der Waals surface area contributed by atoms with Crippen LogP contribution in [0.3, 0.4) is 0 Å². The Morgan fingerprint density at radius 2 is 1.94 bits per heavy atom. The van der Waals surface area contributed by atoms with Crippen molar-refractivity contribution < 1.29 is 18.0 Å². The third kappa shape index (κ3) is 7.00. The first-order valence-electron chi connectivity index (χ1n) is 11.3. The molecule has 1 saturated heterocycles. The Morgan fingerprint density at radius 3 is 2.65 bits per heavy atom. The standard InChI is InChI=1S/C24H31N5O4S/c1-3-11-26-23(30)15-27-24(31)17-29(34(32)33)16-19-9-13-28(14-10-19)18(2)20-8-12-25-22-7-5-4-6-21(20)22/h1,4-8,12,18-19,34H,9-11,13-17H2,2H3,(H,26,30)(H,27,31). The molecule has 3 rings (SSSR count). The van der Waals surface area contributed by atoms with Crippen LogP contribution in [0.4, 0.5) is 0 Å². The van der Waals surface area contributed by atoms with Gasteiger partial charge >= 0.3 is 0 Å². The number of hydrogen-bond donors (Lipinski definition) is 3. The van der Waals surface area contributed by atoms with Gasteiger partial charge < -0.3 is 10.6 Å². The van der Waals surface area contributed by atoms with E-state index < -0.39 is 22.7 Å². The van der Waals surface area contributed by atoms with Gasteiger partial charge in [0.2, 0.25) is 22.7 Å². The lowest BCUT2D eigenvalue weighted by atomic mass is 9.93. The molecule has 1 unspecified atom stereocenters. The summed E-state index contributed by atoms with van der Waals surface area (Å²) in [5.41, 5.74) is 2.21. The lowest BCUT2D eigenvalue weighted by molar-refractivity contribution is -0.126. The number of pyridine rings is 1. The zero-order chi connectivity index (χ0) is 24.5. The monoisotopic (exact) mass is 485 g/mol. The Kier molecular flexibility index (Phi) is 9.39. The molecule has 2 heterocycles. The molecule has 1 atom stereocenters. The van der Waals surface area contributed by atoms with Crippen LogP contribution < -0.4 is 10.6 Å². The Morgan fingerprint density at radius 1 is 1.21 bits per heavy atom. The van der Waals surface area contributed by atoms with E-state index in [-0.39, 0.29) is 38.1 Å².